The van der Waals surface area contributed by atoms with Crippen LogP contribution < -0.4 is 5.32 Å². The Labute approximate surface area is 147 Å². The fourth-order valence-corrected chi connectivity index (χ4v) is 3.17. The first-order valence-electron chi connectivity index (χ1n) is 8.21. The SMILES string of the molecule is FC(F)(F)c1cc(NCC2CCOC2c2ccccc2)n2ncnc2n1. The Hall–Kier alpha value is -2.68. The number of alkyl halides is 3. The number of rotatable bonds is 4. The number of aromatic nitrogens is 4. The van der Waals surface area contributed by atoms with E-state index in [1.54, 1.807) is 0 Å². The van der Waals surface area contributed by atoms with Crippen molar-refractivity contribution in [3.8, 4) is 0 Å². The lowest BCUT2D eigenvalue weighted by Crippen LogP contribution is -2.20. The van der Waals surface area contributed by atoms with E-state index in [-0.39, 0.29) is 23.6 Å². The average molecular weight is 363 g/mol. The molecule has 3 aromatic rings. The maximum atomic E-state index is 13.1. The highest BCUT2D eigenvalue weighted by molar-refractivity contribution is 5.45. The Kier molecular flexibility index (Phi) is 4.23. The molecule has 3 heterocycles. The van der Waals surface area contributed by atoms with Crippen molar-refractivity contribution in [2.24, 2.45) is 5.92 Å². The van der Waals surface area contributed by atoms with Gasteiger partial charge in [0.1, 0.15) is 12.1 Å². The molecule has 26 heavy (non-hydrogen) atoms. The van der Waals surface area contributed by atoms with Gasteiger partial charge in [-0.3, -0.25) is 0 Å². The fraction of sp³-hybridized carbons (Fsp3) is 0.353. The third kappa shape index (κ3) is 3.22. The smallest absolute Gasteiger partial charge is 0.373 e. The molecule has 1 aliphatic heterocycles. The summed E-state index contributed by atoms with van der Waals surface area (Å²) < 4.78 is 46.3. The van der Waals surface area contributed by atoms with Crippen molar-refractivity contribution < 1.29 is 17.9 Å². The summed E-state index contributed by atoms with van der Waals surface area (Å²) in [7, 11) is 0. The van der Waals surface area contributed by atoms with Crippen molar-refractivity contribution in [1.82, 2.24) is 19.6 Å². The van der Waals surface area contributed by atoms with Gasteiger partial charge in [0, 0.05) is 25.1 Å². The monoisotopic (exact) mass is 363 g/mol. The van der Waals surface area contributed by atoms with Crippen molar-refractivity contribution >= 4 is 11.6 Å². The molecule has 0 spiro atoms. The highest BCUT2D eigenvalue weighted by atomic mass is 19.4. The molecule has 0 bridgehead atoms. The molecule has 1 aliphatic rings. The third-order valence-electron chi connectivity index (χ3n) is 4.43. The molecule has 0 amide bonds. The molecule has 4 rings (SSSR count). The predicted octanol–water partition coefficient (Wildman–Crippen LogP) is 3.33. The summed E-state index contributed by atoms with van der Waals surface area (Å²) in [6.07, 6.45) is -2.63. The summed E-state index contributed by atoms with van der Waals surface area (Å²) in [4.78, 5) is 7.28. The van der Waals surface area contributed by atoms with Gasteiger partial charge in [0.25, 0.3) is 5.78 Å². The Morgan fingerprint density at radius 3 is 2.81 bits per heavy atom. The molecule has 0 saturated carbocycles. The van der Waals surface area contributed by atoms with Crippen LogP contribution in [0.1, 0.15) is 23.8 Å². The minimum Gasteiger partial charge on any atom is -0.373 e. The first kappa shape index (κ1) is 16.8. The number of anilines is 1. The second-order valence-corrected chi connectivity index (χ2v) is 6.13. The summed E-state index contributed by atoms with van der Waals surface area (Å²) >= 11 is 0. The standard InChI is InChI=1S/C17H16F3N5O/c18-17(19,20)13-8-14(25-16(24-13)22-10-23-25)21-9-12-6-7-26-15(12)11-4-2-1-3-5-11/h1-5,8,10,12,15,21H,6-7,9H2. The van der Waals surface area contributed by atoms with Crippen LogP contribution >= 0.6 is 0 Å². The largest absolute Gasteiger partial charge is 0.433 e. The molecule has 9 heteroatoms. The Balaban J connectivity index is 1.57. The van der Waals surface area contributed by atoms with E-state index in [9.17, 15) is 13.2 Å². The van der Waals surface area contributed by atoms with Crippen molar-refractivity contribution in [3.63, 3.8) is 0 Å². The fourth-order valence-electron chi connectivity index (χ4n) is 3.17. The normalized spacial score (nSPS) is 20.6. The number of hydrogen-bond donors (Lipinski definition) is 1. The molecule has 0 aliphatic carbocycles. The summed E-state index contributed by atoms with van der Waals surface area (Å²) in [5.74, 6) is 0.251. The zero-order valence-electron chi connectivity index (χ0n) is 13.6. The van der Waals surface area contributed by atoms with Gasteiger partial charge < -0.3 is 10.1 Å². The number of nitrogens with zero attached hydrogens (tertiary/aromatic N) is 4. The van der Waals surface area contributed by atoms with E-state index in [1.165, 1.54) is 10.8 Å². The van der Waals surface area contributed by atoms with E-state index in [2.05, 4.69) is 20.4 Å². The van der Waals surface area contributed by atoms with Crippen molar-refractivity contribution in [1.29, 1.82) is 0 Å². The molecular weight excluding hydrogens is 347 g/mol. The van der Waals surface area contributed by atoms with Crippen molar-refractivity contribution in [2.45, 2.75) is 18.7 Å². The van der Waals surface area contributed by atoms with Crippen LogP contribution in [0, 0.1) is 5.92 Å². The van der Waals surface area contributed by atoms with Gasteiger partial charge in [0.15, 0.2) is 5.69 Å². The zero-order chi connectivity index (χ0) is 18.1. The van der Waals surface area contributed by atoms with E-state index in [4.69, 9.17) is 4.74 Å². The van der Waals surface area contributed by atoms with E-state index in [1.807, 2.05) is 30.3 Å². The number of hydrogen-bond acceptors (Lipinski definition) is 5. The second kappa shape index (κ2) is 6.56. The topological polar surface area (TPSA) is 64.3 Å². The van der Waals surface area contributed by atoms with Crippen LogP contribution in [-0.2, 0) is 10.9 Å². The maximum Gasteiger partial charge on any atom is 0.433 e. The van der Waals surface area contributed by atoms with E-state index in [0.717, 1.165) is 18.1 Å². The molecule has 1 aromatic carbocycles. The summed E-state index contributed by atoms with van der Waals surface area (Å²) in [5, 5.41) is 7.01. The lowest BCUT2D eigenvalue weighted by Gasteiger charge is -2.20. The van der Waals surface area contributed by atoms with Gasteiger partial charge in [-0.2, -0.15) is 27.8 Å². The summed E-state index contributed by atoms with van der Waals surface area (Å²) in [5.41, 5.74) is 0.0659. The van der Waals surface area contributed by atoms with Crippen LogP contribution in [0.25, 0.3) is 5.78 Å². The molecule has 6 nitrogen and oxygen atoms in total. The van der Waals surface area contributed by atoms with Crippen molar-refractivity contribution in [3.05, 3.63) is 54.0 Å². The van der Waals surface area contributed by atoms with Gasteiger partial charge in [-0.25, -0.2) is 4.98 Å². The number of nitrogens with one attached hydrogen (secondary N) is 1. The van der Waals surface area contributed by atoms with Gasteiger partial charge in [-0.05, 0) is 12.0 Å². The highest BCUT2D eigenvalue weighted by Crippen LogP contribution is 2.35. The molecule has 2 atom stereocenters. The zero-order valence-corrected chi connectivity index (χ0v) is 13.6. The predicted molar refractivity (Wildman–Crippen MR) is 87.5 cm³/mol. The molecule has 0 radical (unpaired) electrons. The molecule has 1 saturated heterocycles. The van der Waals surface area contributed by atoms with E-state index in [0.29, 0.717) is 13.2 Å². The van der Waals surface area contributed by atoms with Crippen LogP contribution in [0.15, 0.2) is 42.7 Å². The quantitative estimate of drug-likeness (QED) is 0.770. The second-order valence-electron chi connectivity index (χ2n) is 6.13. The molecular formula is C17H16F3N5O. The molecule has 2 aromatic heterocycles. The van der Waals surface area contributed by atoms with Crippen molar-refractivity contribution in [2.75, 3.05) is 18.5 Å². The molecule has 1 N–H and O–H groups in total. The molecule has 2 unspecified atom stereocenters. The van der Waals surface area contributed by atoms with Gasteiger partial charge in [0.05, 0.1) is 6.10 Å². The molecule has 1 fully saturated rings. The summed E-state index contributed by atoms with van der Waals surface area (Å²) in [6, 6.07) is 10.8. The van der Waals surface area contributed by atoms with Crippen LogP contribution in [-0.4, -0.2) is 32.7 Å². The van der Waals surface area contributed by atoms with Crippen LogP contribution in [0.2, 0.25) is 0 Å². The number of fused-ring (bicyclic) bond motifs is 1. The third-order valence-corrected chi connectivity index (χ3v) is 4.43. The number of benzene rings is 1. The van der Waals surface area contributed by atoms with E-state index < -0.39 is 11.9 Å². The number of halogens is 3. The minimum absolute atomic E-state index is 0.0844. The van der Waals surface area contributed by atoms with Crippen LogP contribution in [0.3, 0.4) is 0 Å². The first-order chi connectivity index (χ1) is 12.5. The van der Waals surface area contributed by atoms with Gasteiger partial charge in [0.2, 0.25) is 0 Å². The highest BCUT2D eigenvalue weighted by Gasteiger charge is 2.34. The average Bonchev–Trinajstić information content (AvgIpc) is 3.28. The Morgan fingerprint density at radius 1 is 1.23 bits per heavy atom. The van der Waals surface area contributed by atoms with E-state index >= 15 is 0 Å². The van der Waals surface area contributed by atoms with Gasteiger partial charge >= 0.3 is 6.18 Å². The summed E-state index contributed by atoms with van der Waals surface area (Å²) in [6.45, 7) is 1.07. The number of ether oxygens (including phenoxy) is 1. The maximum absolute atomic E-state index is 13.1. The minimum atomic E-state index is -4.55. The van der Waals surface area contributed by atoms with Gasteiger partial charge in [-0.1, -0.05) is 30.3 Å². The first-order valence-corrected chi connectivity index (χ1v) is 8.21. The van der Waals surface area contributed by atoms with Gasteiger partial charge in [-0.15, -0.1) is 0 Å². The van der Waals surface area contributed by atoms with Crippen LogP contribution in [0.4, 0.5) is 19.0 Å². The Bertz CT molecular complexity index is 896. The lowest BCUT2D eigenvalue weighted by molar-refractivity contribution is -0.141. The van der Waals surface area contributed by atoms with Crippen LogP contribution in [0.5, 0.6) is 0 Å². The lowest BCUT2D eigenvalue weighted by atomic mass is 9.95. The molecule has 136 valence electrons. The Morgan fingerprint density at radius 2 is 2.04 bits per heavy atom.